The summed E-state index contributed by atoms with van der Waals surface area (Å²) >= 11 is 1.80. The number of piperidine rings is 1. The van der Waals surface area contributed by atoms with E-state index in [-0.39, 0.29) is 5.91 Å². The van der Waals surface area contributed by atoms with Crippen molar-refractivity contribution in [3.05, 3.63) is 22.4 Å². The molecule has 1 N–H and O–H groups in total. The maximum atomic E-state index is 11.9. The molecule has 1 fully saturated rings. The van der Waals surface area contributed by atoms with Crippen molar-refractivity contribution < 1.29 is 4.79 Å². The molecule has 1 saturated heterocycles. The van der Waals surface area contributed by atoms with Gasteiger partial charge in [-0.3, -0.25) is 9.69 Å². The van der Waals surface area contributed by atoms with Crippen molar-refractivity contribution in [2.75, 3.05) is 19.6 Å². The molecule has 2 heterocycles. The van der Waals surface area contributed by atoms with Crippen LogP contribution in [-0.4, -0.2) is 30.4 Å². The van der Waals surface area contributed by atoms with Crippen molar-refractivity contribution in [3.8, 4) is 0 Å². The first kappa shape index (κ1) is 15.5. The molecule has 4 heteroatoms. The van der Waals surface area contributed by atoms with Gasteiger partial charge in [0.1, 0.15) is 0 Å². The molecule has 1 aromatic rings. The lowest BCUT2D eigenvalue weighted by Crippen LogP contribution is -2.40. The number of amides is 1. The van der Waals surface area contributed by atoms with Crippen LogP contribution in [0.3, 0.4) is 0 Å². The molecule has 0 saturated carbocycles. The van der Waals surface area contributed by atoms with E-state index in [4.69, 9.17) is 0 Å². The Bertz CT molecular complexity index is 397. The van der Waals surface area contributed by atoms with Crippen molar-refractivity contribution in [2.24, 2.45) is 5.92 Å². The van der Waals surface area contributed by atoms with Gasteiger partial charge in [0.2, 0.25) is 5.91 Å². The number of carbonyl (C=O) groups excluding carboxylic acids is 1. The normalized spacial score (nSPS) is 18.1. The summed E-state index contributed by atoms with van der Waals surface area (Å²) in [4.78, 5) is 15.8. The minimum absolute atomic E-state index is 0.179. The molecule has 0 spiro atoms. The second-order valence-electron chi connectivity index (χ2n) is 6.03. The van der Waals surface area contributed by atoms with E-state index in [2.05, 4.69) is 41.6 Å². The van der Waals surface area contributed by atoms with E-state index in [0.717, 1.165) is 19.6 Å². The Morgan fingerprint density at radius 2 is 2.10 bits per heavy atom. The smallest absolute Gasteiger partial charge is 0.220 e. The van der Waals surface area contributed by atoms with Crippen LogP contribution < -0.4 is 5.32 Å². The number of hydrogen-bond acceptors (Lipinski definition) is 3. The SMILES string of the molecule is CC(C)CC(=O)NC[C@@H](c1cccs1)N1CCCCC1. The third kappa shape index (κ3) is 4.60. The Hall–Kier alpha value is -0.870. The molecule has 3 nitrogen and oxygen atoms in total. The number of hydrogen-bond donors (Lipinski definition) is 1. The van der Waals surface area contributed by atoms with Gasteiger partial charge in [-0.05, 0) is 43.3 Å². The summed E-state index contributed by atoms with van der Waals surface area (Å²) in [5.74, 6) is 0.601. The highest BCUT2D eigenvalue weighted by Gasteiger charge is 2.23. The fourth-order valence-corrected chi connectivity index (χ4v) is 3.63. The zero-order chi connectivity index (χ0) is 14.4. The van der Waals surface area contributed by atoms with Gasteiger partial charge >= 0.3 is 0 Å². The van der Waals surface area contributed by atoms with Crippen LogP contribution in [0.15, 0.2) is 17.5 Å². The van der Waals surface area contributed by atoms with E-state index in [1.807, 2.05) is 0 Å². The molecule has 0 radical (unpaired) electrons. The summed E-state index contributed by atoms with van der Waals surface area (Å²) in [5.41, 5.74) is 0. The van der Waals surface area contributed by atoms with Gasteiger partial charge in [-0.2, -0.15) is 0 Å². The first-order valence-electron chi connectivity index (χ1n) is 7.71. The van der Waals surface area contributed by atoms with Crippen LogP contribution in [0.5, 0.6) is 0 Å². The molecule has 2 rings (SSSR count). The number of likely N-dealkylation sites (tertiary alicyclic amines) is 1. The Balaban J connectivity index is 1.94. The van der Waals surface area contributed by atoms with E-state index in [1.165, 1.54) is 24.1 Å². The van der Waals surface area contributed by atoms with Crippen LogP contribution in [0.4, 0.5) is 0 Å². The van der Waals surface area contributed by atoms with Crippen molar-refractivity contribution in [3.63, 3.8) is 0 Å². The highest BCUT2D eigenvalue weighted by Crippen LogP contribution is 2.27. The molecule has 1 aliphatic rings. The Morgan fingerprint density at radius 3 is 2.70 bits per heavy atom. The van der Waals surface area contributed by atoms with Gasteiger partial charge in [0.05, 0.1) is 6.04 Å². The minimum Gasteiger partial charge on any atom is -0.354 e. The van der Waals surface area contributed by atoms with Gasteiger partial charge in [0.15, 0.2) is 0 Å². The van der Waals surface area contributed by atoms with Crippen LogP contribution in [0.2, 0.25) is 0 Å². The lowest BCUT2D eigenvalue weighted by molar-refractivity contribution is -0.122. The fourth-order valence-electron chi connectivity index (χ4n) is 2.77. The average Bonchev–Trinajstić information content (AvgIpc) is 2.93. The molecular weight excluding hydrogens is 268 g/mol. The Kier molecular flexibility index (Phi) is 6.05. The summed E-state index contributed by atoms with van der Waals surface area (Å²) in [7, 11) is 0. The van der Waals surface area contributed by atoms with Gasteiger partial charge in [0, 0.05) is 17.8 Å². The number of thiophene rings is 1. The van der Waals surface area contributed by atoms with Gasteiger partial charge < -0.3 is 5.32 Å². The predicted octanol–water partition coefficient (Wildman–Crippen LogP) is 3.44. The van der Waals surface area contributed by atoms with Crippen LogP contribution >= 0.6 is 11.3 Å². The molecular formula is C16H26N2OS. The maximum absolute atomic E-state index is 11.9. The van der Waals surface area contributed by atoms with Crippen molar-refractivity contribution in [1.82, 2.24) is 10.2 Å². The average molecular weight is 294 g/mol. The minimum atomic E-state index is 0.179. The fraction of sp³-hybridized carbons (Fsp3) is 0.688. The van der Waals surface area contributed by atoms with E-state index >= 15 is 0 Å². The standard InChI is InChI=1S/C16H26N2OS/c1-13(2)11-16(19)17-12-14(15-7-6-10-20-15)18-8-4-3-5-9-18/h6-7,10,13-14H,3-5,8-9,11-12H2,1-2H3,(H,17,19)/t14-/m0/s1. The summed E-state index contributed by atoms with van der Waals surface area (Å²) in [6.45, 7) is 7.22. The highest BCUT2D eigenvalue weighted by atomic mass is 32.1. The Morgan fingerprint density at radius 1 is 1.35 bits per heavy atom. The van der Waals surface area contributed by atoms with E-state index < -0.39 is 0 Å². The molecule has 112 valence electrons. The monoisotopic (exact) mass is 294 g/mol. The summed E-state index contributed by atoms with van der Waals surface area (Å²) in [5, 5.41) is 5.25. The molecule has 0 aliphatic carbocycles. The van der Waals surface area contributed by atoms with E-state index in [1.54, 1.807) is 11.3 Å². The van der Waals surface area contributed by atoms with E-state index in [9.17, 15) is 4.79 Å². The molecule has 1 amide bonds. The summed E-state index contributed by atoms with van der Waals surface area (Å²) in [6.07, 6.45) is 4.52. The number of nitrogens with zero attached hydrogens (tertiary/aromatic N) is 1. The first-order valence-corrected chi connectivity index (χ1v) is 8.59. The van der Waals surface area contributed by atoms with Crippen molar-refractivity contribution >= 4 is 17.2 Å². The first-order chi connectivity index (χ1) is 9.66. The second-order valence-corrected chi connectivity index (χ2v) is 7.01. The second kappa shape index (κ2) is 7.79. The van der Waals surface area contributed by atoms with E-state index in [0.29, 0.717) is 18.4 Å². The van der Waals surface area contributed by atoms with Crippen LogP contribution in [0.25, 0.3) is 0 Å². The molecule has 1 aromatic heterocycles. The zero-order valence-electron chi connectivity index (χ0n) is 12.6. The number of carbonyl (C=O) groups is 1. The molecule has 0 bridgehead atoms. The van der Waals surface area contributed by atoms with Gasteiger partial charge in [0.25, 0.3) is 0 Å². The predicted molar refractivity (Wildman–Crippen MR) is 84.9 cm³/mol. The third-order valence-electron chi connectivity index (χ3n) is 3.79. The summed E-state index contributed by atoms with van der Waals surface area (Å²) < 4.78 is 0. The van der Waals surface area contributed by atoms with Gasteiger partial charge in [-0.25, -0.2) is 0 Å². The third-order valence-corrected chi connectivity index (χ3v) is 4.76. The highest BCUT2D eigenvalue weighted by molar-refractivity contribution is 7.10. The molecule has 1 atom stereocenters. The quantitative estimate of drug-likeness (QED) is 0.871. The van der Waals surface area contributed by atoms with Crippen LogP contribution in [0.1, 0.15) is 50.4 Å². The van der Waals surface area contributed by atoms with Gasteiger partial charge in [-0.15, -0.1) is 11.3 Å². The topological polar surface area (TPSA) is 32.3 Å². The molecule has 1 aliphatic heterocycles. The lowest BCUT2D eigenvalue weighted by Gasteiger charge is -2.34. The van der Waals surface area contributed by atoms with Crippen LogP contribution in [0, 0.1) is 5.92 Å². The van der Waals surface area contributed by atoms with Crippen LogP contribution in [-0.2, 0) is 4.79 Å². The Labute approximate surface area is 126 Å². The maximum Gasteiger partial charge on any atom is 0.220 e. The molecule has 0 aromatic carbocycles. The molecule has 0 unspecified atom stereocenters. The number of rotatable bonds is 6. The number of nitrogens with one attached hydrogen (secondary N) is 1. The van der Waals surface area contributed by atoms with Gasteiger partial charge in [-0.1, -0.05) is 26.3 Å². The largest absolute Gasteiger partial charge is 0.354 e. The van der Waals surface area contributed by atoms with Crippen molar-refractivity contribution in [2.45, 2.75) is 45.6 Å². The van der Waals surface area contributed by atoms with Crippen molar-refractivity contribution in [1.29, 1.82) is 0 Å². The summed E-state index contributed by atoms with van der Waals surface area (Å²) in [6, 6.07) is 4.65. The lowest BCUT2D eigenvalue weighted by atomic mass is 10.1. The molecule has 20 heavy (non-hydrogen) atoms. The zero-order valence-corrected chi connectivity index (χ0v) is 13.4.